The van der Waals surface area contributed by atoms with Crippen LogP contribution in [0, 0.1) is 0 Å². The van der Waals surface area contributed by atoms with Crippen LogP contribution in [0.15, 0.2) is 29.8 Å². The molecule has 0 aromatic heterocycles. The number of methoxy groups -OCH3 is 1. The zero-order chi connectivity index (χ0) is 18.9. The normalized spacial score (nSPS) is 15.6. The highest BCUT2D eigenvalue weighted by molar-refractivity contribution is 6.15. The first-order chi connectivity index (χ1) is 12.5. The van der Waals surface area contributed by atoms with Crippen LogP contribution in [0.3, 0.4) is 0 Å². The molecule has 0 aliphatic carbocycles. The Morgan fingerprint density at radius 1 is 1.27 bits per heavy atom. The zero-order valence-electron chi connectivity index (χ0n) is 14.9. The van der Waals surface area contributed by atoms with Gasteiger partial charge in [-0.15, -0.1) is 0 Å². The standard InChI is InChI=1S/C19H24N2O5/c1-26-16-8-6-7-14(12-16)11-15-13-18(23)21(19(15)24)10-5-3-2-4-9-17(22)20-25/h6-8,11-12,25H,2-5,9-10,13H2,1H3,(H,20,22)/b15-11+. The Hall–Kier alpha value is -2.67. The highest BCUT2D eigenvalue weighted by Gasteiger charge is 2.33. The molecule has 7 nitrogen and oxygen atoms in total. The van der Waals surface area contributed by atoms with E-state index < -0.39 is 5.91 Å². The van der Waals surface area contributed by atoms with Crippen molar-refractivity contribution in [2.45, 2.75) is 38.5 Å². The number of carbonyl (C=O) groups excluding carboxylic acids is 3. The van der Waals surface area contributed by atoms with Crippen molar-refractivity contribution in [2.24, 2.45) is 0 Å². The predicted octanol–water partition coefficient (Wildman–Crippen LogP) is 2.29. The third kappa shape index (κ3) is 5.42. The van der Waals surface area contributed by atoms with Gasteiger partial charge in [-0.25, -0.2) is 5.48 Å². The summed E-state index contributed by atoms with van der Waals surface area (Å²) in [6.07, 6.45) is 5.09. The molecule has 26 heavy (non-hydrogen) atoms. The lowest BCUT2D eigenvalue weighted by Crippen LogP contribution is -2.30. The number of rotatable bonds is 9. The van der Waals surface area contributed by atoms with E-state index in [1.54, 1.807) is 18.7 Å². The molecule has 1 fully saturated rings. The van der Waals surface area contributed by atoms with Crippen LogP contribution in [0.4, 0.5) is 0 Å². The molecule has 0 atom stereocenters. The van der Waals surface area contributed by atoms with Gasteiger partial charge in [-0.3, -0.25) is 24.5 Å². The molecular formula is C19H24N2O5. The first-order valence-corrected chi connectivity index (χ1v) is 8.67. The molecule has 1 aliphatic heterocycles. The number of hydrogen-bond donors (Lipinski definition) is 2. The molecule has 3 amide bonds. The van der Waals surface area contributed by atoms with Gasteiger partial charge in [-0.1, -0.05) is 25.0 Å². The van der Waals surface area contributed by atoms with Crippen LogP contribution in [0.5, 0.6) is 5.75 Å². The van der Waals surface area contributed by atoms with Crippen molar-refractivity contribution in [3.8, 4) is 5.75 Å². The molecule has 0 bridgehead atoms. The molecule has 0 spiro atoms. The van der Waals surface area contributed by atoms with E-state index in [-0.39, 0.29) is 24.7 Å². The van der Waals surface area contributed by atoms with Crippen LogP contribution in [0.1, 0.15) is 44.1 Å². The van der Waals surface area contributed by atoms with Gasteiger partial charge in [-0.05, 0) is 36.6 Å². The molecule has 1 aromatic carbocycles. The van der Waals surface area contributed by atoms with E-state index in [2.05, 4.69) is 0 Å². The summed E-state index contributed by atoms with van der Waals surface area (Å²) in [5.41, 5.74) is 2.91. The summed E-state index contributed by atoms with van der Waals surface area (Å²) < 4.78 is 5.17. The Bertz CT molecular complexity index is 699. The number of likely N-dealkylation sites (tertiary alicyclic amines) is 1. The van der Waals surface area contributed by atoms with E-state index in [1.807, 2.05) is 24.3 Å². The Labute approximate surface area is 152 Å². The van der Waals surface area contributed by atoms with E-state index in [4.69, 9.17) is 9.94 Å². The van der Waals surface area contributed by atoms with Crippen molar-refractivity contribution in [3.05, 3.63) is 35.4 Å². The molecule has 0 unspecified atom stereocenters. The van der Waals surface area contributed by atoms with Gasteiger partial charge >= 0.3 is 0 Å². The van der Waals surface area contributed by atoms with E-state index in [0.717, 1.165) is 18.4 Å². The maximum atomic E-state index is 12.4. The van der Waals surface area contributed by atoms with Crippen LogP contribution >= 0.6 is 0 Å². The molecule has 7 heteroatoms. The number of nitrogens with zero attached hydrogens (tertiary/aromatic N) is 1. The Morgan fingerprint density at radius 3 is 2.77 bits per heavy atom. The van der Waals surface area contributed by atoms with E-state index in [0.29, 0.717) is 30.7 Å². The van der Waals surface area contributed by atoms with E-state index in [1.165, 1.54) is 4.90 Å². The topological polar surface area (TPSA) is 95.9 Å². The average Bonchev–Trinajstić information content (AvgIpc) is 2.91. The van der Waals surface area contributed by atoms with Gasteiger partial charge in [0.1, 0.15) is 5.75 Å². The van der Waals surface area contributed by atoms with Crippen LogP contribution in [0.25, 0.3) is 6.08 Å². The second-order valence-corrected chi connectivity index (χ2v) is 6.17. The van der Waals surface area contributed by atoms with Crippen LogP contribution in [-0.2, 0) is 14.4 Å². The largest absolute Gasteiger partial charge is 0.497 e. The van der Waals surface area contributed by atoms with Gasteiger partial charge in [0, 0.05) is 18.5 Å². The molecule has 2 N–H and O–H groups in total. The minimum Gasteiger partial charge on any atom is -0.497 e. The van der Waals surface area contributed by atoms with E-state index >= 15 is 0 Å². The number of benzene rings is 1. The molecule has 1 aliphatic rings. The molecule has 140 valence electrons. The average molecular weight is 360 g/mol. The smallest absolute Gasteiger partial charge is 0.256 e. The minimum absolute atomic E-state index is 0.118. The zero-order valence-corrected chi connectivity index (χ0v) is 14.9. The highest BCUT2D eigenvalue weighted by Crippen LogP contribution is 2.23. The molecule has 0 radical (unpaired) electrons. The number of hydroxylamine groups is 1. The van der Waals surface area contributed by atoms with E-state index in [9.17, 15) is 14.4 Å². The van der Waals surface area contributed by atoms with Crippen molar-refractivity contribution >= 4 is 23.8 Å². The number of unbranched alkanes of at least 4 members (excludes halogenated alkanes) is 3. The lowest BCUT2D eigenvalue weighted by molar-refractivity contribution is -0.137. The Kier molecular flexibility index (Phi) is 7.35. The summed E-state index contributed by atoms with van der Waals surface area (Å²) in [7, 11) is 1.58. The predicted molar refractivity (Wildman–Crippen MR) is 95.3 cm³/mol. The fraction of sp³-hybridized carbons (Fsp3) is 0.421. The molecule has 0 saturated carbocycles. The summed E-state index contributed by atoms with van der Waals surface area (Å²) in [5, 5.41) is 8.41. The minimum atomic E-state index is -0.401. The van der Waals surface area contributed by atoms with Crippen molar-refractivity contribution in [2.75, 3.05) is 13.7 Å². The first kappa shape index (κ1) is 19.7. The first-order valence-electron chi connectivity index (χ1n) is 8.67. The Balaban J connectivity index is 1.84. The number of amides is 3. The molecule has 1 saturated heterocycles. The molecule has 1 aromatic rings. The van der Waals surface area contributed by atoms with Crippen molar-refractivity contribution in [1.82, 2.24) is 10.4 Å². The fourth-order valence-corrected chi connectivity index (χ4v) is 2.86. The number of nitrogens with one attached hydrogen (secondary N) is 1. The highest BCUT2D eigenvalue weighted by atomic mass is 16.5. The number of hydrogen-bond acceptors (Lipinski definition) is 5. The SMILES string of the molecule is COc1cccc(/C=C2\CC(=O)N(CCCCCCC(=O)NO)C2=O)c1. The van der Waals surface area contributed by atoms with Crippen molar-refractivity contribution < 1.29 is 24.3 Å². The summed E-state index contributed by atoms with van der Waals surface area (Å²) in [6.45, 7) is 0.388. The fourth-order valence-electron chi connectivity index (χ4n) is 2.86. The Morgan fingerprint density at radius 2 is 2.04 bits per heavy atom. The number of ether oxygens (including phenoxy) is 1. The third-order valence-corrected chi connectivity index (χ3v) is 4.26. The summed E-state index contributed by atoms with van der Waals surface area (Å²) >= 11 is 0. The van der Waals surface area contributed by atoms with Crippen LogP contribution in [-0.4, -0.2) is 41.5 Å². The summed E-state index contributed by atoms with van der Waals surface area (Å²) in [4.78, 5) is 36.8. The van der Waals surface area contributed by atoms with Gasteiger partial charge in [0.2, 0.25) is 11.8 Å². The van der Waals surface area contributed by atoms with Gasteiger partial charge in [-0.2, -0.15) is 0 Å². The third-order valence-electron chi connectivity index (χ3n) is 4.26. The number of imide groups is 1. The quantitative estimate of drug-likeness (QED) is 0.232. The second-order valence-electron chi connectivity index (χ2n) is 6.17. The lowest BCUT2D eigenvalue weighted by atomic mass is 10.1. The maximum Gasteiger partial charge on any atom is 0.256 e. The van der Waals surface area contributed by atoms with Gasteiger partial charge < -0.3 is 4.74 Å². The summed E-state index contributed by atoms with van der Waals surface area (Å²) in [6, 6.07) is 7.33. The van der Waals surface area contributed by atoms with Gasteiger partial charge in [0.25, 0.3) is 5.91 Å². The lowest BCUT2D eigenvalue weighted by Gasteiger charge is -2.13. The summed E-state index contributed by atoms with van der Waals surface area (Å²) in [5.74, 6) is -0.119. The maximum absolute atomic E-state index is 12.4. The monoisotopic (exact) mass is 360 g/mol. The van der Waals surface area contributed by atoms with Crippen molar-refractivity contribution in [1.29, 1.82) is 0 Å². The molecule has 1 heterocycles. The van der Waals surface area contributed by atoms with Gasteiger partial charge in [0.15, 0.2) is 0 Å². The van der Waals surface area contributed by atoms with Gasteiger partial charge in [0.05, 0.1) is 13.5 Å². The molecular weight excluding hydrogens is 336 g/mol. The second kappa shape index (κ2) is 9.72. The van der Waals surface area contributed by atoms with Crippen LogP contribution in [0.2, 0.25) is 0 Å². The molecule has 2 rings (SSSR count). The number of carbonyl (C=O) groups is 3. The van der Waals surface area contributed by atoms with Crippen molar-refractivity contribution in [3.63, 3.8) is 0 Å². The van der Waals surface area contributed by atoms with Crippen LogP contribution < -0.4 is 10.2 Å².